The summed E-state index contributed by atoms with van der Waals surface area (Å²) in [6, 6.07) is 27.1. The maximum absolute atomic E-state index is 13.0. The largest absolute Gasteiger partial charge is 0.508 e. The second-order valence-corrected chi connectivity index (χ2v) is 8.24. The molecule has 0 spiro atoms. The van der Waals surface area contributed by atoms with E-state index in [1.807, 2.05) is 0 Å². The molecule has 0 heterocycles. The minimum absolute atomic E-state index is 0.164. The number of aromatic hydroxyl groups is 2. The Labute approximate surface area is 201 Å². The van der Waals surface area contributed by atoms with Gasteiger partial charge in [0.15, 0.2) is 0 Å². The van der Waals surface area contributed by atoms with Gasteiger partial charge in [0.2, 0.25) is 0 Å². The van der Waals surface area contributed by atoms with Crippen LogP contribution in [-0.4, -0.2) is 29.1 Å². The standard InChI is InChI=1S/C29H21NO5/c1-30(28(33)22-4-2-20-16-25(31)10-6-18(20)14-22)24-8-12-27(13-9-24)35-29(34)23-5-3-21-17-26(32)11-7-19(21)15-23/h2-17,31-32H,1H3. The van der Waals surface area contributed by atoms with Crippen LogP contribution in [0.1, 0.15) is 20.7 Å². The average Bonchev–Trinajstić information content (AvgIpc) is 2.87. The van der Waals surface area contributed by atoms with Gasteiger partial charge in [-0.3, -0.25) is 4.79 Å². The number of nitrogens with zero attached hydrogens (tertiary/aromatic N) is 1. The maximum Gasteiger partial charge on any atom is 0.343 e. The van der Waals surface area contributed by atoms with Crippen molar-refractivity contribution in [2.24, 2.45) is 0 Å². The fourth-order valence-electron chi connectivity index (χ4n) is 3.94. The molecule has 0 aliphatic heterocycles. The Kier molecular flexibility index (Phi) is 5.55. The predicted octanol–water partition coefficient (Wildman–Crippen LogP) is 5.90. The van der Waals surface area contributed by atoms with Gasteiger partial charge < -0.3 is 19.8 Å². The fourth-order valence-corrected chi connectivity index (χ4v) is 3.94. The molecule has 5 rings (SSSR count). The zero-order chi connectivity index (χ0) is 24.5. The first-order valence-electron chi connectivity index (χ1n) is 10.9. The highest BCUT2D eigenvalue weighted by molar-refractivity contribution is 6.07. The third-order valence-corrected chi connectivity index (χ3v) is 5.87. The van der Waals surface area contributed by atoms with Crippen molar-refractivity contribution < 1.29 is 24.5 Å². The molecule has 0 saturated carbocycles. The summed E-state index contributed by atoms with van der Waals surface area (Å²) in [5, 5.41) is 22.6. The quantitative estimate of drug-likeness (QED) is 0.256. The van der Waals surface area contributed by atoms with Gasteiger partial charge >= 0.3 is 5.97 Å². The van der Waals surface area contributed by atoms with Crippen molar-refractivity contribution in [2.45, 2.75) is 0 Å². The normalized spacial score (nSPS) is 10.9. The number of phenols is 2. The molecule has 2 N–H and O–H groups in total. The highest BCUT2D eigenvalue weighted by Gasteiger charge is 2.15. The second-order valence-electron chi connectivity index (χ2n) is 8.24. The van der Waals surface area contributed by atoms with E-state index in [1.165, 1.54) is 4.90 Å². The van der Waals surface area contributed by atoms with Crippen LogP contribution >= 0.6 is 0 Å². The molecule has 0 unspecified atom stereocenters. The summed E-state index contributed by atoms with van der Waals surface area (Å²) in [5.74, 6) is 0.00912. The lowest BCUT2D eigenvalue weighted by atomic mass is 10.1. The van der Waals surface area contributed by atoms with Crippen LogP contribution in [0, 0.1) is 0 Å². The number of carbonyl (C=O) groups excluding carboxylic acids is 2. The monoisotopic (exact) mass is 463 g/mol. The third-order valence-electron chi connectivity index (χ3n) is 5.87. The van der Waals surface area contributed by atoms with Crippen LogP contribution in [0.15, 0.2) is 97.1 Å². The van der Waals surface area contributed by atoms with E-state index in [0.29, 0.717) is 22.6 Å². The molecule has 172 valence electrons. The lowest BCUT2D eigenvalue weighted by Gasteiger charge is -2.18. The molecule has 0 aliphatic rings. The number of benzene rings is 5. The topological polar surface area (TPSA) is 87.1 Å². The molecule has 6 heteroatoms. The number of rotatable bonds is 4. The van der Waals surface area contributed by atoms with E-state index >= 15 is 0 Å². The number of amides is 1. The van der Waals surface area contributed by atoms with Crippen LogP contribution in [0.2, 0.25) is 0 Å². The van der Waals surface area contributed by atoms with Crippen molar-refractivity contribution in [3.63, 3.8) is 0 Å². The highest BCUT2D eigenvalue weighted by Crippen LogP contribution is 2.25. The summed E-state index contributed by atoms with van der Waals surface area (Å²) < 4.78 is 5.50. The smallest absolute Gasteiger partial charge is 0.343 e. The summed E-state index contributed by atoms with van der Waals surface area (Å²) in [6.07, 6.45) is 0. The number of ether oxygens (including phenoxy) is 1. The Morgan fingerprint density at radius 2 is 1.11 bits per heavy atom. The average molecular weight is 463 g/mol. The van der Waals surface area contributed by atoms with Crippen molar-refractivity contribution in [3.8, 4) is 17.2 Å². The number of fused-ring (bicyclic) bond motifs is 2. The first-order valence-corrected chi connectivity index (χ1v) is 10.9. The van der Waals surface area contributed by atoms with Crippen LogP contribution in [0.3, 0.4) is 0 Å². The maximum atomic E-state index is 13.0. The minimum Gasteiger partial charge on any atom is -0.508 e. The van der Waals surface area contributed by atoms with Gasteiger partial charge in [-0.1, -0.05) is 24.3 Å². The summed E-state index contributed by atoms with van der Waals surface area (Å²) in [7, 11) is 1.68. The molecule has 6 nitrogen and oxygen atoms in total. The summed E-state index contributed by atoms with van der Waals surface area (Å²) in [5.41, 5.74) is 1.56. The Morgan fingerprint density at radius 3 is 1.71 bits per heavy atom. The van der Waals surface area contributed by atoms with Gasteiger partial charge in [-0.05, 0) is 94.3 Å². The van der Waals surface area contributed by atoms with Gasteiger partial charge in [-0.2, -0.15) is 0 Å². The molecule has 5 aromatic rings. The molecule has 1 amide bonds. The van der Waals surface area contributed by atoms with Crippen molar-refractivity contribution in [2.75, 3.05) is 11.9 Å². The van der Waals surface area contributed by atoms with Crippen molar-refractivity contribution in [1.82, 2.24) is 0 Å². The molecule has 5 aromatic carbocycles. The second kappa shape index (κ2) is 8.83. The van der Waals surface area contributed by atoms with Crippen molar-refractivity contribution in [3.05, 3.63) is 108 Å². The number of hydrogen-bond donors (Lipinski definition) is 2. The Balaban J connectivity index is 1.30. The van der Waals surface area contributed by atoms with Crippen LogP contribution in [-0.2, 0) is 0 Å². The lowest BCUT2D eigenvalue weighted by molar-refractivity contribution is 0.0734. The van der Waals surface area contributed by atoms with Crippen LogP contribution in [0.5, 0.6) is 17.2 Å². The number of hydrogen-bond acceptors (Lipinski definition) is 5. The van der Waals surface area contributed by atoms with Crippen molar-refractivity contribution >= 4 is 39.1 Å². The zero-order valence-corrected chi connectivity index (χ0v) is 18.8. The van der Waals surface area contributed by atoms with Gasteiger partial charge in [-0.25, -0.2) is 4.79 Å². The van der Waals surface area contributed by atoms with Gasteiger partial charge in [-0.15, -0.1) is 0 Å². The lowest BCUT2D eigenvalue weighted by Crippen LogP contribution is -2.26. The van der Waals surface area contributed by atoms with Gasteiger partial charge in [0, 0.05) is 18.3 Å². The number of esters is 1. The van der Waals surface area contributed by atoms with Gasteiger partial charge in [0.05, 0.1) is 5.56 Å². The van der Waals surface area contributed by atoms with E-state index in [2.05, 4.69) is 0 Å². The summed E-state index contributed by atoms with van der Waals surface area (Å²) in [6.45, 7) is 0. The number of anilines is 1. The minimum atomic E-state index is -0.501. The van der Waals surface area contributed by atoms with E-state index in [9.17, 15) is 19.8 Å². The van der Waals surface area contributed by atoms with E-state index in [-0.39, 0.29) is 17.4 Å². The van der Waals surface area contributed by atoms with Gasteiger partial charge in [0.25, 0.3) is 5.91 Å². The number of carbonyl (C=O) groups is 2. The molecule has 0 radical (unpaired) electrons. The third kappa shape index (κ3) is 4.50. The zero-order valence-electron chi connectivity index (χ0n) is 18.8. The molecule has 35 heavy (non-hydrogen) atoms. The van der Waals surface area contributed by atoms with Crippen LogP contribution in [0.4, 0.5) is 5.69 Å². The Bertz CT molecular complexity index is 1590. The van der Waals surface area contributed by atoms with Crippen molar-refractivity contribution in [1.29, 1.82) is 0 Å². The molecule has 0 aromatic heterocycles. The van der Waals surface area contributed by atoms with Gasteiger partial charge in [0.1, 0.15) is 17.2 Å². The van der Waals surface area contributed by atoms with Crippen LogP contribution < -0.4 is 9.64 Å². The molecule has 0 atom stereocenters. The predicted molar refractivity (Wildman–Crippen MR) is 135 cm³/mol. The number of phenolic OH excluding ortho intramolecular Hbond substituents is 2. The van der Waals surface area contributed by atoms with E-state index < -0.39 is 5.97 Å². The molecule has 0 bridgehead atoms. The van der Waals surface area contributed by atoms with E-state index in [1.54, 1.807) is 104 Å². The molecule has 0 saturated heterocycles. The SMILES string of the molecule is CN(C(=O)c1ccc2cc(O)ccc2c1)c1ccc(OC(=O)c2ccc3cc(O)ccc3c2)cc1. The van der Waals surface area contributed by atoms with Crippen LogP contribution in [0.25, 0.3) is 21.5 Å². The molecular formula is C29H21NO5. The first-order chi connectivity index (χ1) is 16.9. The summed E-state index contributed by atoms with van der Waals surface area (Å²) >= 11 is 0. The Hall–Kier alpha value is -4.84. The fraction of sp³-hybridized carbons (Fsp3) is 0.0345. The summed E-state index contributed by atoms with van der Waals surface area (Å²) in [4.78, 5) is 27.1. The van der Waals surface area contributed by atoms with E-state index in [4.69, 9.17) is 4.74 Å². The Morgan fingerprint density at radius 1 is 0.629 bits per heavy atom. The van der Waals surface area contributed by atoms with E-state index in [0.717, 1.165) is 21.5 Å². The molecular weight excluding hydrogens is 442 g/mol. The molecule has 0 fully saturated rings. The first kappa shape index (κ1) is 22.0. The molecule has 0 aliphatic carbocycles. The highest BCUT2D eigenvalue weighted by atomic mass is 16.5.